The van der Waals surface area contributed by atoms with Crippen LogP contribution in [0, 0.1) is 0 Å². The van der Waals surface area contributed by atoms with E-state index in [0.717, 1.165) is 54.6 Å². The highest BCUT2D eigenvalue weighted by atomic mass is 16.8. The molecule has 0 bridgehead atoms. The molecule has 15 unspecified atom stereocenters. The Morgan fingerprint density at radius 3 is 1.82 bits per heavy atom. The lowest BCUT2D eigenvalue weighted by molar-refractivity contribution is -0.358. The Balaban J connectivity index is 1.23. The van der Waals surface area contributed by atoms with Gasteiger partial charge in [-0.3, -0.25) is 4.79 Å². The maximum Gasteiger partial charge on any atom is 0.331 e. The minimum absolute atomic E-state index is 0.205. The fourth-order valence-corrected chi connectivity index (χ4v) is 7.44. The molecule has 3 saturated heterocycles. The number of phenols is 5. The second-order valence-electron chi connectivity index (χ2n) is 15.5. The molecular formula is C42H46O25. The number of hydrogen-bond acceptors (Lipinski definition) is 25. The summed E-state index contributed by atoms with van der Waals surface area (Å²) in [5.41, 5.74) is -1.68. The molecule has 0 radical (unpaired) electrons. The summed E-state index contributed by atoms with van der Waals surface area (Å²) in [6.07, 6.45) is -26.4. The second-order valence-corrected chi connectivity index (χ2v) is 15.5. The van der Waals surface area contributed by atoms with Gasteiger partial charge in [-0.25, -0.2) is 4.79 Å². The van der Waals surface area contributed by atoms with E-state index in [4.69, 9.17) is 37.6 Å². The lowest BCUT2D eigenvalue weighted by atomic mass is 9.97. The topological polar surface area (TPSA) is 415 Å². The van der Waals surface area contributed by atoms with Crippen molar-refractivity contribution < 1.29 is 119 Å². The Morgan fingerprint density at radius 1 is 0.582 bits per heavy atom. The standard InChI is InChI=1S/C42H46O25/c43-11-23-28(52)32(56)34(58)40(62-23)60-16-9-21(50)27-22(10-16)61-36(15-3-5-18(47)20(49)8-15)38(31(27)55)66-42-39(33(57)29(53)24(12-44)64-42)67-41-35(59)37(30(54)25(13-45)63-41)65-26(51)6-2-14-1-4-17(46)19(48)7-14/h1-10,23-25,28-30,32-35,37,39-50,52-54,56-59H,11-13H2. The number of aliphatic hydroxyl groups is 10. The number of carbonyl (C=O) groups excluding carboxylic acids is 1. The summed E-state index contributed by atoms with van der Waals surface area (Å²) in [6.45, 7) is -2.75. The van der Waals surface area contributed by atoms with E-state index in [0.29, 0.717) is 0 Å². The van der Waals surface area contributed by atoms with Crippen LogP contribution in [0.3, 0.4) is 0 Å². The molecule has 364 valence electrons. The predicted octanol–water partition coefficient (Wildman–Crippen LogP) is -3.57. The first-order valence-corrected chi connectivity index (χ1v) is 20.2. The molecule has 3 aromatic carbocycles. The Morgan fingerprint density at radius 2 is 1.18 bits per heavy atom. The van der Waals surface area contributed by atoms with Gasteiger partial charge in [0.1, 0.15) is 83.5 Å². The first-order chi connectivity index (χ1) is 31.8. The quantitative estimate of drug-likeness (QED) is 0.0350. The number of benzene rings is 3. The van der Waals surface area contributed by atoms with Crippen molar-refractivity contribution in [2.45, 2.75) is 92.1 Å². The Bertz CT molecular complexity index is 2490. The largest absolute Gasteiger partial charge is 0.507 e. The number of phenolic OH excluding ortho intramolecular Hbond substituents is 5. The summed E-state index contributed by atoms with van der Waals surface area (Å²) in [4.78, 5) is 27.3. The normalized spacial score (nSPS) is 32.3. The van der Waals surface area contributed by atoms with Crippen LogP contribution >= 0.6 is 0 Å². The van der Waals surface area contributed by atoms with Crippen LogP contribution in [-0.2, 0) is 28.5 Å². The molecule has 7 rings (SSSR count). The molecule has 4 heterocycles. The fourth-order valence-electron chi connectivity index (χ4n) is 7.44. The van der Waals surface area contributed by atoms with Gasteiger partial charge in [0, 0.05) is 23.8 Å². The van der Waals surface area contributed by atoms with Crippen molar-refractivity contribution in [2.75, 3.05) is 19.8 Å². The van der Waals surface area contributed by atoms with Crippen molar-refractivity contribution in [1.29, 1.82) is 0 Å². The van der Waals surface area contributed by atoms with Gasteiger partial charge in [0.15, 0.2) is 47.3 Å². The number of carbonyl (C=O) groups is 1. The Labute approximate surface area is 375 Å². The summed E-state index contributed by atoms with van der Waals surface area (Å²) in [5, 5.41) is 156. The molecule has 15 N–H and O–H groups in total. The van der Waals surface area contributed by atoms with Gasteiger partial charge >= 0.3 is 5.97 Å². The Hall–Kier alpha value is -5.88. The van der Waals surface area contributed by atoms with E-state index in [9.17, 15) is 86.2 Å². The molecule has 3 aliphatic heterocycles. The van der Waals surface area contributed by atoms with Crippen molar-refractivity contribution >= 4 is 23.0 Å². The zero-order valence-corrected chi connectivity index (χ0v) is 34.3. The maximum atomic E-state index is 14.5. The molecular weight excluding hydrogens is 904 g/mol. The summed E-state index contributed by atoms with van der Waals surface area (Å²) >= 11 is 0. The third kappa shape index (κ3) is 9.91. The second kappa shape index (κ2) is 20.1. The highest BCUT2D eigenvalue weighted by Gasteiger charge is 2.53. The predicted molar refractivity (Wildman–Crippen MR) is 217 cm³/mol. The van der Waals surface area contributed by atoms with E-state index in [1.54, 1.807) is 0 Å². The average molecular weight is 951 g/mol. The Kier molecular flexibility index (Phi) is 14.7. The van der Waals surface area contributed by atoms with E-state index < -0.39 is 175 Å². The molecule has 3 aliphatic rings. The smallest absolute Gasteiger partial charge is 0.331 e. The van der Waals surface area contributed by atoms with Gasteiger partial charge < -0.3 is 114 Å². The number of rotatable bonds is 13. The highest BCUT2D eigenvalue weighted by Crippen LogP contribution is 2.41. The van der Waals surface area contributed by atoms with Crippen LogP contribution in [0.4, 0.5) is 0 Å². The van der Waals surface area contributed by atoms with Crippen molar-refractivity contribution in [3.05, 3.63) is 70.4 Å². The first kappa shape index (κ1) is 49.0. The molecule has 0 saturated carbocycles. The minimum atomic E-state index is -2.16. The van der Waals surface area contributed by atoms with E-state index in [-0.39, 0.29) is 16.9 Å². The summed E-state index contributed by atoms with van der Waals surface area (Å²) in [6, 6.07) is 8.50. The molecule has 3 fully saturated rings. The number of esters is 1. The maximum absolute atomic E-state index is 14.5. The first-order valence-electron chi connectivity index (χ1n) is 20.2. The fraction of sp³-hybridized carbons (Fsp3) is 0.429. The van der Waals surface area contributed by atoms with Gasteiger partial charge in [0.25, 0.3) is 0 Å². The van der Waals surface area contributed by atoms with Crippen LogP contribution in [0.1, 0.15) is 5.56 Å². The van der Waals surface area contributed by atoms with Gasteiger partial charge in [-0.15, -0.1) is 0 Å². The van der Waals surface area contributed by atoms with Crippen molar-refractivity contribution in [3.63, 3.8) is 0 Å². The number of aromatic hydroxyl groups is 5. The SMILES string of the molecule is O=C(C=Cc1ccc(O)c(O)c1)OC1C(O)C(CO)OC(OC2C(Oc3c(-c4ccc(O)c(O)c4)oc4cc(OC5OC(CO)C(O)C(O)C5O)cc(O)c4c3=O)OC(CO)C(O)C2O)C1O. The van der Waals surface area contributed by atoms with E-state index in [1.165, 1.54) is 6.07 Å². The number of fused-ring (bicyclic) bond motifs is 1. The van der Waals surface area contributed by atoms with Crippen molar-refractivity contribution in [2.24, 2.45) is 0 Å². The summed E-state index contributed by atoms with van der Waals surface area (Å²) in [7, 11) is 0. The van der Waals surface area contributed by atoms with Gasteiger partial charge in [0.2, 0.25) is 23.8 Å². The lowest BCUT2D eigenvalue weighted by Gasteiger charge is -2.46. The molecule has 4 aromatic rings. The van der Waals surface area contributed by atoms with Crippen LogP contribution in [0.5, 0.6) is 40.2 Å². The van der Waals surface area contributed by atoms with E-state index >= 15 is 0 Å². The third-order valence-corrected chi connectivity index (χ3v) is 11.1. The number of ether oxygens (including phenoxy) is 7. The van der Waals surface area contributed by atoms with E-state index in [2.05, 4.69) is 0 Å². The van der Waals surface area contributed by atoms with E-state index in [1.807, 2.05) is 0 Å². The van der Waals surface area contributed by atoms with Crippen LogP contribution < -0.4 is 14.9 Å². The zero-order valence-electron chi connectivity index (χ0n) is 34.3. The molecule has 0 spiro atoms. The lowest BCUT2D eigenvalue weighted by Crippen LogP contribution is -2.65. The third-order valence-electron chi connectivity index (χ3n) is 11.1. The van der Waals surface area contributed by atoms with Crippen LogP contribution in [0.2, 0.25) is 0 Å². The van der Waals surface area contributed by atoms with Crippen LogP contribution in [0.25, 0.3) is 28.4 Å². The zero-order chi connectivity index (χ0) is 48.6. The van der Waals surface area contributed by atoms with Crippen LogP contribution in [0.15, 0.2) is 63.8 Å². The van der Waals surface area contributed by atoms with Crippen molar-refractivity contribution in [3.8, 4) is 51.6 Å². The van der Waals surface area contributed by atoms with Crippen molar-refractivity contribution in [1.82, 2.24) is 0 Å². The monoisotopic (exact) mass is 950 g/mol. The average Bonchev–Trinajstić information content (AvgIpc) is 3.30. The van der Waals surface area contributed by atoms with Gasteiger partial charge in [-0.05, 0) is 42.0 Å². The summed E-state index contributed by atoms with van der Waals surface area (Å²) < 4.78 is 45.4. The number of hydrogen-bond donors (Lipinski definition) is 15. The highest BCUT2D eigenvalue weighted by molar-refractivity contribution is 5.89. The molecule has 25 nitrogen and oxygen atoms in total. The van der Waals surface area contributed by atoms with Gasteiger partial charge in [-0.1, -0.05) is 6.07 Å². The molecule has 0 amide bonds. The summed E-state index contributed by atoms with van der Waals surface area (Å²) in [5.74, 6) is -6.20. The molecule has 25 heteroatoms. The molecule has 0 aliphatic carbocycles. The molecule has 67 heavy (non-hydrogen) atoms. The molecule has 1 aromatic heterocycles. The minimum Gasteiger partial charge on any atom is -0.507 e. The molecule has 15 atom stereocenters. The number of aliphatic hydroxyl groups excluding tert-OH is 10. The van der Waals surface area contributed by atoms with Crippen LogP contribution in [-0.4, -0.2) is 195 Å². The van der Waals surface area contributed by atoms with Gasteiger partial charge in [0.05, 0.1) is 19.8 Å². The van der Waals surface area contributed by atoms with Gasteiger partial charge in [-0.2, -0.15) is 0 Å².